The van der Waals surface area contributed by atoms with Crippen LogP contribution in [0.3, 0.4) is 0 Å². The number of aliphatic carboxylic acids is 1. The van der Waals surface area contributed by atoms with E-state index in [1.807, 2.05) is 13.8 Å². The molecule has 0 rings (SSSR count). The number of hydrogen-bond donors (Lipinski definition) is 3. The minimum atomic E-state index is -0.953. The number of rotatable bonds is 11. The van der Waals surface area contributed by atoms with Crippen LogP contribution in [-0.4, -0.2) is 29.6 Å². The highest BCUT2D eigenvalue weighted by atomic mass is 16.4. The predicted molar refractivity (Wildman–Crippen MR) is 75.8 cm³/mol. The lowest BCUT2D eigenvalue weighted by molar-refractivity contribution is -0.143. The van der Waals surface area contributed by atoms with Crippen molar-refractivity contribution in [3.63, 3.8) is 0 Å². The number of nitrogens with two attached hydrogens (primary N) is 1. The molecule has 0 aromatic heterocycles. The van der Waals surface area contributed by atoms with Gasteiger partial charge in [-0.2, -0.15) is 0 Å². The van der Waals surface area contributed by atoms with E-state index in [0.29, 0.717) is 6.42 Å². The maximum Gasteiger partial charge on any atom is 0.326 e. The Morgan fingerprint density at radius 3 is 2.26 bits per heavy atom. The topological polar surface area (TPSA) is 92.4 Å². The summed E-state index contributed by atoms with van der Waals surface area (Å²) in [6, 6.07) is -0.769. The van der Waals surface area contributed by atoms with E-state index in [0.717, 1.165) is 45.1 Å². The van der Waals surface area contributed by atoms with Gasteiger partial charge in [-0.3, -0.25) is 4.79 Å². The number of amides is 1. The SMILES string of the molecule is CC[C@H](C)[C@H](NC(=O)CCCCCCCN)C(=O)O. The highest BCUT2D eigenvalue weighted by Crippen LogP contribution is 2.09. The Balaban J connectivity index is 3.85. The van der Waals surface area contributed by atoms with E-state index in [1.165, 1.54) is 0 Å². The molecule has 112 valence electrons. The average molecular weight is 272 g/mol. The van der Waals surface area contributed by atoms with Crippen LogP contribution in [0, 0.1) is 5.92 Å². The molecule has 0 saturated carbocycles. The summed E-state index contributed by atoms with van der Waals surface area (Å²) in [5.41, 5.74) is 5.40. The van der Waals surface area contributed by atoms with Gasteiger partial charge in [0, 0.05) is 6.42 Å². The Hall–Kier alpha value is -1.10. The second-order valence-corrected chi connectivity index (χ2v) is 5.08. The lowest BCUT2D eigenvalue weighted by atomic mass is 9.99. The Morgan fingerprint density at radius 1 is 1.16 bits per heavy atom. The molecule has 4 N–H and O–H groups in total. The van der Waals surface area contributed by atoms with E-state index < -0.39 is 12.0 Å². The molecule has 0 saturated heterocycles. The highest BCUT2D eigenvalue weighted by molar-refractivity contribution is 5.83. The molecule has 0 aliphatic carbocycles. The van der Waals surface area contributed by atoms with Crippen molar-refractivity contribution in [2.75, 3.05) is 6.54 Å². The summed E-state index contributed by atoms with van der Waals surface area (Å²) < 4.78 is 0. The van der Waals surface area contributed by atoms with E-state index in [2.05, 4.69) is 5.32 Å². The number of hydrogen-bond acceptors (Lipinski definition) is 3. The minimum Gasteiger partial charge on any atom is -0.480 e. The quantitative estimate of drug-likeness (QED) is 0.501. The molecule has 5 heteroatoms. The third-order valence-electron chi connectivity index (χ3n) is 3.40. The van der Waals surface area contributed by atoms with Gasteiger partial charge in [-0.25, -0.2) is 4.79 Å². The minimum absolute atomic E-state index is 0.0500. The third kappa shape index (κ3) is 8.59. The summed E-state index contributed by atoms with van der Waals surface area (Å²) in [4.78, 5) is 22.7. The van der Waals surface area contributed by atoms with Crippen LogP contribution in [0.25, 0.3) is 0 Å². The van der Waals surface area contributed by atoms with E-state index in [9.17, 15) is 9.59 Å². The van der Waals surface area contributed by atoms with Crippen molar-refractivity contribution < 1.29 is 14.7 Å². The molecule has 0 radical (unpaired) electrons. The monoisotopic (exact) mass is 272 g/mol. The van der Waals surface area contributed by atoms with Crippen LogP contribution in [0.2, 0.25) is 0 Å². The zero-order valence-corrected chi connectivity index (χ0v) is 12.2. The molecule has 0 heterocycles. The van der Waals surface area contributed by atoms with Gasteiger partial charge >= 0.3 is 5.97 Å². The molecule has 0 fully saturated rings. The van der Waals surface area contributed by atoms with Crippen molar-refractivity contribution in [2.24, 2.45) is 11.7 Å². The third-order valence-corrected chi connectivity index (χ3v) is 3.40. The van der Waals surface area contributed by atoms with Gasteiger partial charge in [0.1, 0.15) is 6.04 Å². The maximum absolute atomic E-state index is 11.7. The molecular weight excluding hydrogens is 244 g/mol. The molecule has 0 unspecified atom stereocenters. The van der Waals surface area contributed by atoms with E-state index in [-0.39, 0.29) is 11.8 Å². The molecule has 2 atom stereocenters. The molecule has 0 spiro atoms. The fourth-order valence-corrected chi connectivity index (χ4v) is 1.89. The Bertz CT molecular complexity index is 269. The van der Waals surface area contributed by atoms with Gasteiger partial charge in [0.25, 0.3) is 0 Å². The van der Waals surface area contributed by atoms with Crippen LogP contribution in [0.4, 0.5) is 0 Å². The molecule has 5 nitrogen and oxygen atoms in total. The molecule has 0 aromatic carbocycles. The van der Waals surface area contributed by atoms with E-state index in [1.54, 1.807) is 0 Å². The van der Waals surface area contributed by atoms with Gasteiger partial charge in [0.05, 0.1) is 0 Å². The molecule has 0 aromatic rings. The summed E-state index contributed by atoms with van der Waals surface area (Å²) in [5, 5.41) is 11.7. The zero-order valence-electron chi connectivity index (χ0n) is 12.2. The predicted octanol–water partition coefficient (Wildman–Crippen LogP) is 1.90. The lowest BCUT2D eigenvalue weighted by Gasteiger charge is -2.20. The lowest BCUT2D eigenvalue weighted by Crippen LogP contribution is -2.44. The van der Waals surface area contributed by atoms with Crippen LogP contribution in [0.15, 0.2) is 0 Å². The van der Waals surface area contributed by atoms with Crippen molar-refractivity contribution in [1.29, 1.82) is 0 Å². The molecule has 0 bridgehead atoms. The summed E-state index contributed by atoms with van der Waals surface area (Å²) in [6.45, 7) is 4.48. The van der Waals surface area contributed by atoms with Crippen LogP contribution in [-0.2, 0) is 9.59 Å². The summed E-state index contributed by atoms with van der Waals surface area (Å²) >= 11 is 0. The van der Waals surface area contributed by atoms with Crippen molar-refractivity contribution in [1.82, 2.24) is 5.32 Å². The van der Waals surface area contributed by atoms with Crippen LogP contribution < -0.4 is 11.1 Å². The van der Waals surface area contributed by atoms with Gasteiger partial charge in [0.2, 0.25) is 5.91 Å². The van der Waals surface area contributed by atoms with Crippen molar-refractivity contribution in [3.05, 3.63) is 0 Å². The average Bonchev–Trinajstić information content (AvgIpc) is 2.38. The van der Waals surface area contributed by atoms with Gasteiger partial charge in [-0.05, 0) is 25.3 Å². The maximum atomic E-state index is 11.7. The van der Waals surface area contributed by atoms with Gasteiger partial charge in [0.15, 0.2) is 0 Å². The highest BCUT2D eigenvalue weighted by Gasteiger charge is 2.24. The molecular formula is C14H28N2O3. The standard InChI is InChI=1S/C14H28N2O3/c1-3-11(2)13(14(18)19)16-12(17)9-7-5-4-6-8-10-15/h11,13H,3-10,15H2,1-2H3,(H,16,17)(H,18,19)/t11-,13-/m0/s1. The number of carbonyl (C=O) groups excluding carboxylic acids is 1. The van der Waals surface area contributed by atoms with Crippen molar-refractivity contribution in [2.45, 2.75) is 64.8 Å². The largest absolute Gasteiger partial charge is 0.480 e. The number of unbranched alkanes of at least 4 members (excludes halogenated alkanes) is 4. The van der Waals surface area contributed by atoms with Crippen LogP contribution in [0.1, 0.15) is 58.8 Å². The zero-order chi connectivity index (χ0) is 14.7. The second-order valence-electron chi connectivity index (χ2n) is 5.08. The van der Waals surface area contributed by atoms with Gasteiger partial charge in [-0.1, -0.05) is 39.5 Å². The Labute approximate surface area is 115 Å². The molecule has 0 aliphatic heterocycles. The van der Waals surface area contributed by atoms with Gasteiger partial charge < -0.3 is 16.2 Å². The number of carbonyl (C=O) groups is 2. The normalized spacial score (nSPS) is 13.8. The Morgan fingerprint density at radius 2 is 1.74 bits per heavy atom. The first-order chi connectivity index (χ1) is 9.02. The fourth-order valence-electron chi connectivity index (χ4n) is 1.89. The number of carboxylic acids is 1. The summed E-state index contributed by atoms with van der Waals surface area (Å²) in [5.74, 6) is -1.16. The summed E-state index contributed by atoms with van der Waals surface area (Å²) in [7, 11) is 0. The van der Waals surface area contributed by atoms with Crippen molar-refractivity contribution >= 4 is 11.9 Å². The smallest absolute Gasteiger partial charge is 0.326 e. The van der Waals surface area contributed by atoms with Gasteiger partial charge in [-0.15, -0.1) is 0 Å². The first-order valence-corrected chi connectivity index (χ1v) is 7.25. The van der Waals surface area contributed by atoms with Crippen LogP contribution >= 0.6 is 0 Å². The number of nitrogens with one attached hydrogen (secondary N) is 1. The molecule has 19 heavy (non-hydrogen) atoms. The van der Waals surface area contributed by atoms with Crippen molar-refractivity contribution in [3.8, 4) is 0 Å². The first-order valence-electron chi connectivity index (χ1n) is 7.25. The fraction of sp³-hybridized carbons (Fsp3) is 0.857. The Kier molecular flexibility index (Phi) is 10.2. The second kappa shape index (κ2) is 10.8. The summed E-state index contributed by atoms with van der Waals surface area (Å²) in [6.07, 6.45) is 6.15. The molecule has 0 aliphatic rings. The van der Waals surface area contributed by atoms with E-state index in [4.69, 9.17) is 10.8 Å². The molecule has 1 amide bonds. The van der Waals surface area contributed by atoms with E-state index >= 15 is 0 Å². The van der Waals surface area contributed by atoms with Crippen LogP contribution in [0.5, 0.6) is 0 Å². The first kappa shape index (κ1) is 17.9. The number of carboxylic acid groups (broad SMARTS) is 1.